The normalized spacial score (nSPS) is 10.7. The Morgan fingerprint density at radius 1 is 0.903 bits per heavy atom. The van der Waals surface area contributed by atoms with Crippen molar-refractivity contribution in [2.75, 3.05) is 19.5 Å². The van der Waals surface area contributed by atoms with Crippen LogP contribution in [0.15, 0.2) is 75.9 Å². The summed E-state index contributed by atoms with van der Waals surface area (Å²) in [6.07, 6.45) is 0. The maximum atomic E-state index is 12.7. The molecule has 0 saturated carbocycles. The number of anilines is 1. The third-order valence-corrected chi connectivity index (χ3v) is 4.97. The Bertz CT molecular complexity index is 1320. The van der Waals surface area contributed by atoms with Crippen molar-refractivity contribution in [1.82, 2.24) is 0 Å². The molecule has 0 unspecified atom stereocenters. The van der Waals surface area contributed by atoms with Gasteiger partial charge in [-0.25, -0.2) is 0 Å². The van der Waals surface area contributed by atoms with E-state index in [0.29, 0.717) is 45.0 Å². The zero-order valence-electron chi connectivity index (χ0n) is 17.4. The molecule has 0 aliphatic carbocycles. The van der Waals surface area contributed by atoms with Crippen molar-refractivity contribution in [2.24, 2.45) is 0 Å². The van der Waals surface area contributed by atoms with E-state index >= 15 is 0 Å². The predicted molar refractivity (Wildman–Crippen MR) is 120 cm³/mol. The number of methoxy groups -OCH3 is 2. The van der Waals surface area contributed by atoms with Crippen LogP contribution in [0.3, 0.4) is 0 Å². The first-order valence-electron chi connectivity index (χ1n) is 9.67. The summed E-state index contributed by atoms with van der Waals surface area (Å²) in [5.74, 6) is 1.28. The molecule has 3 aromatic carbocycles. The second kappa shape index (κ2) is 8.36. The van der Waals surface area contributed by atoms with E-state index in [-0.39, 0.29) is 11.3 Å². The Labute approximate surface area is 179 Å². The number of carbonyl (C=O) groups is 1. The molecule has 156 valence electrons. The predicted octanol–water partition coefficient (Wildman–Crippen LogP) is 5.04. The van der Waals surface area contributed by atoms with Gasteiger partial charge in [-0.1, -0.05) is 23.8 Å². The highest BCUT2D eigenvalue weighted by atomic mass is 16.5. The van der Waals surface area contributed by atoms with Crippen molar-refractivity contribution in [2.45, 2.75) is 6.92 Å². The average Bonchev–Trinajstić information content (AvgIpc) is 2.79. The monoisotopic (exact) mass is 415 g/mol. The van der Waals surface area contributed by atoms with Crippen LogP contribution in [-0.2, 0) is 0 Å². The quantitative estimate of drug-likeness (QED) is 0.494. The molecule has 0 spiro atoms. The highest BCUT2D eigenvalue weighted by Crippen LogP contribution is 2.29. The highest BCUT2D eigenvalue weighted by molar-refractivity contribution is 6.05. The van der Waals surface area contributed by atoms with Gasteiger partial charge in [0.25, 0.3) is 5.91 Å². The Kier molecular flexibility index (Phi) is 5.45. The lowest BCUT2D eigenvalue weighted by molar-refractivity contribution is 0.102. The second-order valence-electron chi connectivity index (χ2n) is 7.07. The SMILES string of the molecule is COc1ccc(OC)c(NC(=O)c2ccc(-c3cc(=O)c4cc(C)ccc4o3)cc2)c1. The maximum Gasteiger partial charge on any atom is 0.255 e. The average molecular weight is 415 g/mol. The minimum atomic E-state index is -0.298. The molecular formula is C25H21NO5. The van der Waals surface area contributed by atoms with Crippen LogP contribution in [0, 0.1) is 6.92 Å². The lowest BCUT2D eigenvalue weighted by Gasteiger charge is -2.12. The van der Waals surface area contributed by atoms with Gasteiger partial charge in [0, 0.05) is 23.3 Å². The van der Waals surface area contributed by atoms with Crippen molar-refractivity contribution in [1.29, 1.82) is 0 Å². The number of amides is 1. The molecule has 1 N–H and O–H groups in total. The van der Waals surface area contributed by atoms with Gasteiger partial charge >= 0.3 is 0 Å². The molecule has 4 rings (SSSR count). The van der Waals surface area contributed by atoms with Crippen LogP contribution >= 0.6 is 0 Å². The van der Waals surface area contributed by atoms with Crippen LogP contribution in [0.25, 0.3) is 22.3 Å². The first kappa shape index (κ1) is 20.2. The molecule has 1 amide bonds. The van der Waals surface area contributed by atoms with E-state index < -0.39 is 0 Å². The fourth-order valence-electron chi connectivity index (χ4n) is 3.30. The number of aryl methyl sites for hydroxylation is 1. The molecule has 0 saturated heterocycles. The smallest absolute Gasteiger partial charge is 0.255 e. The fourth-order valence-corrected chi connectivity index (χ4v) is 3.30. The lowest BCUT2D eigenvalue weighted by Crippen LogP contribution is -2.12. The zero-order valence-corrected chi connectivity index (χ0v) is 17.4. The van der Waals surface area contributed by atoms with Crippen molar-refractivity contribution in [3.05, 3.63) is 88.1 Å². The molecule has 0 aliphatic heterocycles. The summed E-state index contributed by atoms with van der Waals surface area (Å²) in [5.41, 5.74) is 3.08. The van der Waals surface area contributed by atoms with E-state index in [1.54, 1.807) is 55.6 Å². The summed E-state index contributed by atoms with van der Waals surface area (Å²) < 4.78 is 16.4. The standard InChI is InChI=1S/C25H21NO5/c1-15-4-10-22-19(12-15)21(27)14-24(31-22)16-5-7-17(8-6-16)25(28)26-20-13-18(29-2)9-11-23(20)30-3/h4-14H,1-3H3,(H,26,28). The van der Waals surface area contributed by atoms with Gasteiger partial charge in [0.1, 0.15) is 22.8 Å². The summed E-state index contributed by atoms with van der Waals surface area (Å²) in [4.78, 5) is 25.2. The minimum absolute atomic E-state index is 0.105. The van der Waals surface area contributed by atoms with E-state index in [9.17, 15) is 9.59 Å². The maximum absolute atomic E-state index is 12.7. The van der Waals surface area contributed by atoms with Crippen LogP contribution in [0.2, 0.25) is 0 Å². The molecule has 6 nitrogen and oxygen atoms in total. The lowest BCUT2D eigenvalue weighted by atomic mass is 10.1. The minimum Gasteiger partial charge on any atom is -0.497 e. The molecule has 6 heteroatoms. The van der Waals surface area contributed by atoms with E-state index in [1.807, 2.05) is 19.1 Å². The van der Waals surface area contributed by atoms with E-state index in [1.165, 1.54) is 13.2 Å². The van der Waals surface area contributed by atoms with E-state index in [0.717, 1.165) is 5.56 Å². The van der Waals surface area contributed by atoms with Crippen LogP contribution in [0.4, 0.5) is 5.69 Å². The van der Waals surface area contributed by atoms with Gasteiger partial charge in [0.2, 0.25) is 0 Å². The molecule has 0 aliphatic rings. The summed E-state index contributed by atoms with van der Waals surface area (Å²) >= 11 is 0. The van der Waals surface area contributed by atoms with Gasteiger partial charge in [-0.3, -0.25) is 9.59 Å². The third kappa shape index (κ3) is 4.14. The largest absolute Gasteiger partial charge is 0.497 e. The van der Waals surface area contributed by atoms with Crippen molar-refractivity contribution in [3.8, 4) is 22.8 Å². The van der Waals surface area contributed by atoms with Gasteiger partial charge < -0.3 is 19.2 Å². The second-order valence-corrected chi connectivity index (χ2v) is 7.07. The molecule has 0 fully saturated rings. The number of fused-ring (bicyclic) bond motifs is 1. The molecule has 31 heavy (non-hydrogen) atoms. The summed E-state index contributed by atoms with van der Waals surface area (Å²) in [6, 6.07) is 19.0. The number of hydrogen-bond donors (Lipinski definition) is 1. The number of nitrogens with one attached hydrogen (secondary N) is 1. The number of rotatable bonds is 5. The zero-order chi connectivity index (χ0) is 22.0. The summed E-state index contributed by atoms with van der Waals surface area (Å²) in [5, 5.41) is 3.38. The van der Waals surface area contributed by atoms with Crippen LogP contribution in [0.1, 0.15) is 15.9 Å². The molecule has 0 atom stereocenters. The molecular weight excluding hydrogens is 394 g/mol. The van der Waals surface area contributed by atoms with Crippen LogP contribution in [-0.4, -0.2) is 20.1 Å². The molecule has 0 bridgehead atoms. The first-order valence-corrected chi connectivity index (χ1v) is 9.67. The number of benzene rings is 3. The summed E-state index contributed by atoms with van der Waals surface area (Å²) in [7, 11) is 3.09. The molecule has 1 heterocycles. The topological polar surface area (TPSA) is 77.8 Å². The summed E-state index contributed by atoms with van der Waals surface area (Å²) in [6.45, 7) is 1.93. The van der Waals surface area contributed by atoms with Crippen molar-refractivity contribution >= 4 is 22.6 Å². The Morgan fingerprint density at radius 2 is 1.68 bits per heavy atom. The van der Waals surface area contributed by atoms with E-state index in [4.69, 9.17) is 13.9 Å². The van der Waals surface area contributed by atoms with Gasteiger partial charge in [0.15, 0.2) is 5.43 Å². The fraction of sp³-hybridized carbons (Fsp3) is 0.120. The van der Waals surface area contributed by atoms with Gasteiger partial charge in [-0.15, -0.1) is 0 Å². The van der Waals surface area contributed by atoms with Crippen molar-refractivity contribution in [3.63, 3.8) is 0 Å². The number of ether oxygens (including phenoxy) is 2. The number of hydrogen-bond acceptors (Lipinski definition) is 5. The van der Waals surface area contributed by atoms with Crippen LogP contribution < -0.4 is 20.2 Å². The highest BCUT2D eigenvalue weighted by Gasteiger charge is 2.12. The van der Waals surface area contributed by atoms with Gasteiger partial charge in [-0.2, -0.15) is 0 Å². The van der Waals surface area contributed by atoms with Crippen LogP contribution in [0.5, 0.6) is 11.5 Å². The van der Waals surface area contributed by atoms with Gasteiger partial charge in [-0.05, 0) is 43.3 Å². The molecule has 1 aromatic heterocycles. The van der Waals surface area contributed by atoms with Gasteiger partial charge in [0.05, 0.1) is 25.3 Å². The van der Waals surface area contributed by atoms with E-state index in [2.05, 4.69) is 5.32 Å². The number of carbonyl (C=O) groups excluding carboxylic acids is 1. The molecule has 0 radical (unpaired) electrons. The Morgan fingerprint density at radius 3 is 2.39 bits per heavy atom. The Hall–Kier alpha value is -4.06. The Balaban J connectivity index is 1.60. The third-order valence-electron chi connectivity index (χ3n) is 4.97. The first-order chi connectivity index (χ1) is 15.0. The molecule has 4 aromatic rings. The van der Waals surface area contributed by atoms with Crippen molar-refractivity contribution < 1.29 is 18.7 Å².